The van der Waals surface area contributed by atoms with Crippen LogP contribution >= 0.6 is 0 Å². The summed E-state index contributed by atoms with van der Waals surface area (Å²) < 4.78 is 5.34. The molecule has 1 saturated heterocycles. The predicted octanol–water partition coefficient (Wildman–Crippen LogP) is 1.46. The standard InChI is InChI=1S/C15H22N2O3/c1-10(18)15-13(5-4-6-14(15)20-3)17-8-7-12(9-17)16-11(2)19/h4-6,10,12,18H,7-9H2,1-3H3,(H,16,19)/t10-,12?/m0/s1. The molecule has 1 aliphatic rings. The molecule has 5 nitrogen and oxygen atoms in total. The number of carbonyl (C=O) groups is 1. The lowest BCUT2D eigenvalue weighted by Crippen LogP contribution is -2.35. The van der Waals surface area contributed by atoms with Gasteiger partial charge in [0.05, 0.1) is 13.2 Å². The van der Waals surface area contributed by atoms with Gasteiger partial charge in [0.2, 0.25) is 5.91 Å². The Bertz CT molecular complexity index is 488. The van der Waals surface area contributed by atoms with Gasteiger partial charge in [0.1, 0.15) is 5.75 Å². The van der Waals surface area contributed by atoms with Crippen molar-refractivity contribution in [2.45, 2.75) is 32.4 Å². The van der Waals surface area contributed by atoms with E-state index in [9.17, 15) is 9.90 Å². The van der Waals surface area contributed by atoms with Crippen molar-refractivity contribution in [2.24, 2.45) is 0 Å². The van der Waals surface area contributed by atoms with Crippen molar-refractivity contribution < 1.29 is 14.6 Å². The van der Waals surface area contributed by atoms with E-state index < -0.39 is 6.10 Å². The summed E-state index contributed by atoms with van der Waals surface area (Å²) in [5.41, 5.74) is 1.78. The number of aliphatic hydroxyl groups excluding tert-OH is 1. The highest BCUT2D eigenvalue weighted by molar-refractivity contribution is 5.73. The molecule has 110 valence electrons. The molecule has 1 unspecified atom stereocenters. The smallest absolute Gasteiger partial charge is 0.217 e. The van der Waals surface area contributed by atoms with Crippen LogP contribution in [0.5, 0.6) is 5.75 Å². The van der Waals surface area contributed by atoms with Gasteiger partial charge in [0.25, 0.3) is 0 Å². The van der Waals surface area contributed by atoms with Crippen LogP contribution in [0.25, 0.3) is 0 Å². The molecule has 1 heterocycles. The largest absolute Gasteiger partial charge is 0.496 e. The lowest BCUT2D eigenvalue weighted by Gasteiger charge is -2.25. The van der Waals surface area contributed by atoms with E-state index in [4.69, 9.17) is 4.74 Å². The minimum Gasteiger partial charge on any atom is -0.496 e. The van der Waals surface area contributed by atoms with E-state index in [0.29, 0.717) is 5.75 Å². The van der Waals surface area contributed by atoms with Gasteiger partial charge in [-0.15, -0.1) is 0 Å². The number of carbonyl (C=O) groups excluding carboxylic acids is 1. The Morgan fingerprint density at radius 1 is 1.55 bits per heavy atom. The lowest BCUT2D eigenvalue weighted by molar-refractivity contribution is -0.119. The number of hydrogen-bond acceptors (Lipinski definition) is 4. The Kier molecular flexibility index (Phi) is 4.49. The van der Waals surface area contributed by atoms with E-state index in [1.165, 1.54) is 6.92 Å². The molecule has 5 heteroatoms. The number of nitrogens with one attached hydrogen (secondary N) is 1. The first kappa shape index (κ1) is 14.7. The van der Waals surface area contributed by atoms with Gasteiger partial charge in [0.15, 0.2) is 0 Å². The third-order valence-corrected chi connectivity index (χ3v) is 3.62. The Morgan fingerprint density at radius 2 is 2.30 bits per heavy atom. The fourth-order valence-corrected chi connectivity index (χ4v) is 2.79. The fraction of sp³-hybridized carbons (Fsp3) is 0.533. The third-order valence-electron chi connectivity index (χ3n) is 3.62. The average Bonchev–Trinajstić information content (AvgIpc) is 2.85. The molecule has 1 aromatic carbocycles. The topological polar surface area (TPSA) is 61.8 Å². The van der Waals surface area contributed by atoms with Crippen LogP contribution in [-0.2, 0) is 4.79 Å². The Morgan fingerprint density at radius 3 is 2.90 bits per heavy atom. The van der Waals surface area contributed by atoms with Crippen molar-refractivity contribution in [2.75, 3.05) is 25.1 Å². The van der Waals surface area contributed by atoms with Crippen molar-refractivity contribution >= 4 is 11.6 Å². The highest BCUT2D eigenvalue weighted by Crippen LogP contribution is 2.35. The number of nitrogens with zero attached hydrogens (tertiary/aromatic N) is 1. The minimum absolute atomic E-state index is 0.00163. The first-order chi connectivity index (χ1) is 9.52. The number of anilines is 1. The quantitative estimate of drug-likeness (QED) is 0.875. The fourth-order valence-electron chi connectivity index (χ4n) is 2.79. The third kappa shape index (κ3) is 3.04. The first-order valence-electron chi connectivity index (χ1n) is 6.90. The van der Waals surface area contributed by atoms with Gasteiger partial charge in [-0.1, -0.05) is 6.07 Å². The van der Waals surface area contributed by atoms with Crippen molar-refractivity contribution in [3.63, 3.8) is 0 Å². The second-order valence-electron chi connectivity index (χ2n) is 5.20. The van der Waals surface area contributed by atoms with Crippen LogP contribution in [0.2, 0.25) is 0 Å². The maximum atomic E-state index is 11.1. The number of rotatable bonds is 4. The molecule has 0 bridgehead atoms. The van der Waals surface area contributed by atoms with Crippen LogP contribution in [0, 0.1) is 0 Å². The molecule has 0 aliphatic carbocycles. The zero-order valence-electron chi connectivity index (χ0n) is 12.2. The van der Waals surface area contributed by atoms with Crippen LogP contribution in [0.4, 0.5) is 5.69 Å². The summed E-state index contributed by atoms with van der Waals surface area (Å²) in [4.78, 5) is 13.3. The molecule has 2 rings (SSSR count). The zero-order valence-corrected chi connectivity index (χ0v) is 12.2. The maximum Gasteiger partial charge on any atom is 0.217 e. The molecular weight excluding hydrogens is 256 g/mol. The highest BCUT2D eigenvalue weighted by Gasteiger charge is 2.26. The van der Waals surface area contributed by atoms with E-state index in [1.807, 2.05) is 18.2 Å². The number of ether oxygens (including phenoxy) is 1. The van der Waals surface area contributed by atoms with Gasteiger partial charge in [-0.2, -0.15) is 0 Å². The Hall–Kier alpha value is -1.75. The maximum absolute atomic E-state index is 11.1. The van der Waals surface area contributed by atoms with E-state index >= 15 is 0 Å². The summed E-state index contributed by atoms with van der Waals surface area (Å²) >= 11 is 0. The molecule has 2 atom stereocenters. The molecule has 20 heavy (non-hydrogen) atoms. The summed E-state index contributed by atoms with van der Waals surface area (Å²) in [5, 5.41) is 13.0. The van der Waals surface area contributed by atoms with E-state index in [1.54, 1.807) is 14.0 Å². The minimum atomic E-state index is -0.596. The number of aliphatic hydroxyl groups is 1. The number of hydrogen-bond donors (Lipinski definition) is 2. The van der Waals surface area contributed by atoms with Crippen LogP contribution in [0.15, 0.2) is 18.2 Å². The summed E-state index contributed by atoms with van der Waals surface area (Å²) in [5.74, 6) is 0.693. The van der Waals surface area contributed by atoms with Gasteiger partial charge in [-0.05, 0) is 25.5 Å². The lowest BCUT2D eigenvalue weighted by atomic mass is 10.1. The molecule has 1 aliphatic heterocycles. The Balaban J connectivity index is 2.23. The molecule has 0 spiro atoms. The van der Waals surface area contributed by atoms with Crippen LogP contribution < -0.4 is 15.0 Å². The van der Waals surface area contributed by atoms with Gasteiger partial charge < -0.3 is 20.1 Å². The summed E-state index contributed by atoms with van der Waals surface area (Å²) in [6.07, 6.45) is 0.316. The van der Waals surface area contributed by atoms with Crippen molar-refractivity contribution in [3.05, 3.63) is 23.8 Å². The van der Waals surface area contributed by atoms with Crippen LogP contribution in [-0.4, -0.2) is 37.3 Å². The molecule has 1 fully saturated rings. The summed E-state index contributed by atoms with van der Waals surface area (Å²) in [6.45, 7) is 4.89. The van der Waals surface area contributed by atoms with Crippen LogP contribution in [0.3, 0.4) is 0 Å². The second-order valence-corrected chi connectivity index (χ2v) is 5.20. The van der Waals surface area contributed by atoms with Crippen LogP contribution in [0.1, 0.15) is 31.9 Å². The normalized spacial score (nSPS) is 19.8. The van der Waals surface area contributed by atoms with E-state index in [-0.39, 0.29) is 11.9 Å². The van der Waals surface area contributed by atoms with Gasteiger partial charge in [0, 0.05) is 37.3 Å². The van der Waals surface area contributed by atoms with Crippen molar-refractivity contribution in [1.29, 1.82) is 0 Å². The molecular formula is C15H22N2O3. The first-order valence-corrected chi connectivity index (χ1v) is 6.90. The van der Waals surface area contributed by atoms with Crippen molar-refractivity contribution in [1.82, 2.24) is 5.32 Å². The number of methoxy groups -OCH3 is 1. The molecule has 0 radical (unpaired) electrons. The summed E-state index contributed by atoms with van der Waals surface area (Å²) in [6, 6.07) is 5.93. The average molecular weight is 278 g/mol. The summed E-state index contributed by atoms with van der Waals surface area (Å²) in [7, 11) is 1.61. The predicted molar refractivity (Wildman–Crippen MR) is 78.1 cm³/mol. The van der Waals surface area contributed by atoms with Crippen molar-refractivity contribution in [3.8, 4) is 5.75 Å². The monoisotopic (exact) mass is 278 g/mol. The van der Waals surface area contributed by atoms with Gasteiger partial charge in [-0.25, -0.2) is 0 Å². The SMILES string of the molecule is COc1cccc(N2CCC(NC(C)=O)C2)c1[C@H](C)O. The molecule has 0 saturated carbocycles. The number of benzene rings is 1. The second kappa shape index (κ2) is 6.13. The highest BCUT2D eigenvalue weighted by atomic mass is 16.5. The van der Waals surface area contributed by atoms with Gasteiger partial charge >= 0.3 is 0 Å². The van der Waals surface area contributed by atoms with E-state index in [2.05, 4.69) is 10.2 Å². The molecule has 1 aromatic rings. The van der Waals surface area contributed by atoms with E-state index in [0.717, 1.165) is 30.8 Å². The van der Waals surface area contributed by atoms with Gasteiger partial charge in [-0.3, -0.25) is 4.79 Å². The molecule has 0 aromatic heterocycles. The molecule has 2 N–H and O–H groups in total. The number of amides is 1. The Labute approximate surface area is 119 Å². The zero-order chi connectivity index (χ0) is 14.7. The molecule has 1 amide bonds.